The summed E-state index contributed by atoms with van der Waals surface area (Å²) in [6.07, 6.45) is 4.03. The number of rotatable bonds is 1. The molecule has 0 saturated carbocycles. The van der Waals surface area contributed by atoms with Gasteiger partial charge in [0.2, 0.25) is 0 Å². The number of anilines is 1. The van der Waals surface area contributed by atoms with Gasteiger partial charge >= 0.3 is 0 Å². The predicted octanol–water partition coefficient (Wildman–Crippen LogP) is 2.38. The number of fused-ring (bicyclic) bond motifs is 2. The Morgan fingerprint density at radius 2 is 1.65 bits per heavy atom. The summed E-state index contributed by atoms with van der Waals surface area (Å²) in [5, 5.41) is 0. The van der Waals surface area contributed by atoms with Crippen molar-refractivity contribution in [3.8, 4) is 11.5 Å². The van der Waals surface area contributed by atoms with Gasteiger partial charge in [0.25, 0.3) is 0 Å². The molecule has 2 heterocycles. The fraction of sp³-hybridized carbons (Fsp3) is 0.500. The molecule has 1 aromatic carbocycles. The van der Waals surface area contributed by atoms with E-state index in [-0.39, 0.29) is 0 Å². The Kier molecular flexibility index (Phi) is 2.88. The summed E-state index contributed by atoms with van der Waals surface area (Å²) in [5.74, 6) is 7.48. The average molecular weight is 299 g/mol. The summed E-state index contributed by atoms with van der Waals surface area (Å²) in [6, 6.07) is 0. The molecule has 2 aliphatic heterocycles. The van der Waals surface area contributed by atoms with E-state index in [0.717, 1.165) is 66.1 Å². The van der Waals surface area contributed by atoms with Crippen molar-refractivity contribution in [1.29, 1.82) is 0 Å². The minimum atomic E-state index is 0.758. The first-order valence-electron chi connectivity index (χ1n) is 5.92. The zero-order chi connectivity index (χ0) is 11.8. The molecule has 4 nitrogen and oxygen atoms in total. The predicted molar refractivity (Wildman–Crippen MR) is 69.6 cm³/mol. The van der Waals surface area contributed by atoms with Gasteiger partial charge in [0.05, 0.1) is 23.4 Å². The Morgan fingerprint density at radius 3 is 2.35 bits per heavy atom. The van der Waals surface area contributed by atoms with E-state index < -0.39 is 0 Å². The van der Waals surface area contributed by atoms with Gasteiger partial charge in [-0.1, -0.05) is 0 Å². The molecule has 0 amide bonds. The van der Waals surface area contributed by atoms with Crippen LogP contribution in [0.25, 0.3) is 0 Å². The Morgan fingerprint density at radius 1 is 1.00 bits per heavy atom. The normalized spacial score (nSPS) is 17.5. The maximum absolute atomic E-state index is 5.76. The van der Waals surface area contributed by atoms with Gasteiger partial charge in [-0.25, -0.2) is 0 Å². The third kappa shape index (κ3) is 1.68. The first kappa shape index (κ1) is 11.2. The highest BCUT2D eigenvalue weighted by atomic mass is 79.9. The molecule has 1 aromatic rings. The quantitative estimate of drug-likeness (QED) is 0.617. The molecular formula is C12H15BrN2O2. The third-order valence-electron chi connectivity index (χ3n) is 3.32. The average Bonchev–Trinajstić information content (AvgIpc) is 2.40. The number of nitrogens with two attached hydrogens (primary N) is 1. The second-order valence-corrected chi connectivity index (χ2v) is 5.15. The van der Waals surface area contributed by atoms with Crippen molar-refractivity contribution in [3.05, 3.63) is 15.6 Å². The van der Waals surface area contributed by atoms with Gasteiger partial charge in [-0.05, 0) is 41.6 Å². The second-order valence-electron chi connectivity index (χ2n) is 4.35. The van der Waals surface area contributed by atoms with Gasteiger partial charge in [0.1, 0.15) is 11.5 Å². The molecular weight excluding hydrogens is 284 g/mol. The van der Waals surface area contributed by atoms with Crippen LogP contribution in [0.1, 0.15) is 24.0 Å². The molecule has 0 spiro atoms. The molecule has 2 aliphatic rings. The van der Waals surface area contributed by atoms with Crippen molar-refractivity contribution in [2.24, 2.45) is 5.84 Å². The van der Waals surface area contributed by atoms with E-state index in [0.29, 0.717) is 0 Å². The van der Waals surface area contributed by atoms with Gasteiger partial charge in [-0.15, -0.1) is 0 Å². The molecule has 0 fully saturated rings. The van der Waals surface area contributed by atoms with Crippen molar-refractivity contribution in [2.75, 3.05) is 18.6 Å². The lowest BCUT2D eigenvalue weighted by Gasteiger charge is -2.28. The van der Waals surface area contributed by atoms with Crippen molar-refractivity contribution in [3.63, 3.8) is 0 Å². The summed E-state index contributed by atoms with van der Waals surface area (Å²) in [4.78, 5) is 0. The number of nitrogen functional groups attached to an aromatic ring is 1. The molecule has 0 atom stereocenters. The maximum atomic E-state index is 5.76. The molecule has 92 valence electrons. The molecule has 3 rings (SSSR count). The van der Waals surface area contributed by atoms with Crippen LogP contribution in [0.4, 0.5) is 5.69 Å². The van der Waals surface area contributed by atoms with Crippen molar-refractivity contribution in [1.82, 2.24) is 0 Å². The van der Waals surface area contributed by atoms with Gasteiger partial charge in [0, 0.05) is 11.1 Å². The van der Waals surface area contributed by atoms with Gasteiger partial charge in [-0.2, -0.15) is 0 Å². The highest BCUT2D eigenvalue weighted by Crippen LogP contribution is 2.48. The monoisotopic (exact) mass is 298 g/mol. The molecule has 0 radical (unpaired) electrons. The fourth-order valence-corrected chi connectivity index (χ4v) is 3.27. The van der Waals surface area contributed by atoms with E-state index in [9.17, 15) is 0 Å². The fourth-order valence-electron chi connectivity index (χ4n) is 2.54. The number of ether oxygens (including phenoxy) is 2. The van der Waals surface area contributed by atoms with E-state index in [4.69, 9.17) is 15.3 Å². The van der Waals surface area contributed by atoms with Crippen LogP contribution in [-0.4, -0.2) is 13.2 Å². The van der Waals surface area contributed by atoms with Crippen LogP contribution in [0.15, 0.2) is 4.47 Å². The standard InChI is InChI=1S/C12H15BrN2O2/c13-9-7-3-1-6-17-12(7)10(15-14)8-4-2-5-16-11(8)9/h15H,1-6,14H2. The van der Waals surface area contributed by atoms with Crippen molar-refractivity contribution < 1.29 is 9.47 Å². The topological polar surface area (TPSA) is 56.5 Å². The first-order chi connectivity index (χ1) is 8.33. The Balaban J connectivity index is 2.25. The van der Waals surface area contributed by atoms with Gasteiger partial charge in [0.15, 0.2) is 0 Å². The van der Waals surface area contributed by atoms with Crippen molar-refractivity contribution in [2.45, 2.75) is 25.7 Å². The number of halogens is 1. The van der Waals surface area contributed by atoms with Crippen LogP contribution in [0, 0.1) is 0 Å². The number of hydrogen-bond donors (Lipinski definition) is 2. The van der Waals surface area contributed by atoms with E-state index >= 15 is 0 Å². The van der Waals surface area contributed by atoms with Gasteiger partial charge < -0.3 is 14.9 Å². The van der Waals surface area contributed by atoms with E-state index in [1.165, 1.54) is 5.56 Å². The van der Waals surface area contributed by atoms with Crippen LogP contribution >= 0.6 is 15.9 Å². The van der Waals surface area contributed by atoms with Gasteiger partial charge in [-0.3, -0.25) is 5.84 Å². The van der Waals surface area contributed by atoms with Crippen LogP contribution in [0.5, 0.6) is 11.5 Å². The molecule has 0 unspecified atom stereocenters. The van der Waals surface area contributed by atoms with Crippen LogP contribution in [-0.2, 0) is 12.8 Å². The van der Waals surface area contributed by atoms with E-state index in [1.807, 2.05) is 0 Å². The van der Waals surface area contributed by atoms with E-state index in [2.05, 4.69) is 21.4 Å². The minimum absolute atomic E-state index is 0.758. The Hall–Kier alpha value is -0.940. The van der Waals surface area contributed by atoms with E-state index in [1.54, 1.807) is 0 Å². The third-order valence-corrected chi connectivity index (χ3v) is 4.16. The Bertz CT molecular complexity index is 425. The van der Waals surface area contributed by atoms with Crippen LogP contribution < -0.4 is 20.7 Å². The number of hydrazine groups is 1. The number of hydrogen-bond acceptors (Lipinski definition) is 4. The van der Waals surface area contributed by atoms with Crippen LogP contribution in [0.3, 0.4) is 0 Å². The van der Waals surface area contributed by atoms with Crippen LogP contribution in [0.2, 0.25) is 0 Å². The molecule has 0 bridgehead atoms. The second kappa shape index (κ2) is 4.38. The van der Waals surface area contributed by atoms with Crippen molar-refractivity contribution >= 4 is 21.6 Å². The summed E-state index contributed by atoms with van der Waals surface area (Å²) >= 11 is 3.64. The first-order valence-corrected chi connectivity index (χ1v) is 6.71. The SMILES string of the molecule is NNc1c2c(c(Br)c3c1OCCC3)OCCC2. The minimum Gasteiger partial charge on any atom is -0.492 e. The molecule has 0 aromatic heterocycles. The Labute approximate surface area is 109 Å². The molecule has 17 heavy (non-hydrogen) atoms. The molecule has 0 saturated heterocycles. The lowest BCUT2D eigenvalue weighted by Crippen LogP contribution is -2.20. The lowest BCUT2D eigenvalue weighted by molar-refractivity contribution is 0.272. The molecule has 0 aliphatic carbocycles. The molecule has 3 N–H and O–H groups in total. The number of nitrogens with one attached hydrogen (secondary N) is 1. The zero-order valence-electron chi connectivity index (χ0n) is 9.51. The number of benzene rings is 1. The summed E-state index contributed by atoms with van der Waals surface area (Å²) in [5.41, 5.74) is 5.99. The summed E-state index contributed by atoms with van der Waals surface area (Å²) in [6.45, 7) is 1.53. The summed E-state index contributed by atoms with van der Waals surface area (Å²) in [7, 11) is 0. The summed E-state index contributed by atoms with van der Waals surface area (Å²) < 4.78 is 12.6. The highest BCUT2D eigenvalue weighted by Gasteiger charge is 2.27. The zero-order valence-corrected chi connectivity index (χ0v) is 11.1. The highest BCUT2D eigenvalue weighted by molar-refractivity contribution is 9.10. The smallest absolute Gasteiger partial charge is 0.148 e. The molecule has 5 heteroatoms. The largest absolute Gasteiger partial charge is 0.492 e. The lowest BCUT2D eigenvalue weighted by atomic mass is 9.97. The maximum Gasteiger partial charge on any atom is 0.148 e.